The fourth-order valence-electron chi connectivity index (χ4n) is 6.24. The Morgan fingerprint density at radius 3 is 1.90 bits per heavy atom. The lowest BCUT2D eigenvalue weighted by atomic mass is 9.78. The summed E-state index contributed by atoms with van der Waals surface area (Å²) in [5.74, 6) is -4.58. The molecule has 1 atom stereocenters. The van der Waals surface area contributed by atoms with Gasteiger partial charge in [0.05, 0.1) is 38.7 Å². The van der Waals surface area contributed by atoms with Crippen molar-refractivity contribution in [2.45, 2.75) is 51.4 Å². The first-order chi connectivity index (χ1) is 23.3. The van der Waals surface area contributed by atoms with Gasteiger partial charge in [-0.25, -0.2) is 0 Å². The molecule has 3 amide bonds. The molecule has 19 heteroatoms. The highest BCUT2D eigenvalue weighted by atomic mass is 16.4. The van der Waals surface area contributed by atoms with Crippen LogP contribution < -0.4 is 16.0 Å². The third-order valence-corrected chi connectivity index (χ3v) is 9.06. The Bertz CT molecular complexity index is 1090. The molecular formula is C30H54BN7O11. The van der Waals surface area contributed by atoms with Gasteiger partial charge in [0.25, 0.3) is 0 Å². The number of rotatable bonds is 24. The number of carboxylic acids is 3. The number of carbonyl (C=O) groups excluding carboxylic acids is 3. The number of amides is 3. The SMILES string of the molecule is CCN(CCN(CCN(CCNCC(=O)O)CC(=O)O)CC(=O)NCC1CCC(C(=O)NCC(=O)N2CCC[C@H]2B(O)O)CC1)CC(=O)O. The lowest BCUT2D eigenvalue weighted by molar-refractivity contribution is -0.139. The average molecular weight is 700 g/mol. The highest BCUT2D eigenvalue weighted by molar-refractivity contribution is 6.43. The summed E-state index contributed by atoms with van der Waals surface area (Å²) in [6.45, 7) is 4.23. The van der Waals surface area contributed by atoms with Crippen LogP contribution in [0.5, 0.6) is 0 Å². The molecule has 278 valence electrons. The molecule has 2 aliphatic rings. The summed E-state index contributed by atoms with van der Waals surface area (Å²) in [6, 6.07) is 0. The molecule has 1 saturated carbocycles. The number of carboxylic acid groups (broad SMARTS) is 3. The molecule has 0 radical (unpaired) electrons. The molecule has 0 spiro atoms. The second-order valence-corrected chi connectivity index (χ2v) is 12.7. The Kier molecular flexibility index (Phi) is 19.1. The van der Waals surface area contributed by atoms with E-state index in [-0.39, 0.29) is 75.4 Å². The molecule has 18 nitrogen and oxygen atoms in total. The van der Waals surface area contributed by atoms with Crippen LogP contribution in [0, 0.1) is 11.8 Å². The topological polar surface area (TPSA) is 253 Å². The van der Waals surface area contributed by atoms with Gasteiger partial charge in [0, 0.05) is 58.3 Å². The number of nitrogens with zero attached hydrogens (tertiary/aromatic N) is 4. The van der Waals surface area contributed by atoms with Gasteiger partial charge in [0.2, 0.25) is 17.7 Å². The maximum Gasteiger partial charge on any atom is 0.475 e. The minimum Gasteiger partial charge on any atom is -0.480 e. The summed E-state index contributed by atoms with van der Waals surface area (Å²) in [5.41, 5.74) is 0. The van der Waals surface area contributed by atoms with Gasteiger partial charge in [-0.2, -0.15) is 0 Å². The molecule has 0 aromatic heterocycles. The van der Waals surface area contributed by atoms with E-state index < -0.39 is 31.0 Å². The fraction of sp³-hybridized carbons (Fsp3) is 0.800. The van der Waals surface area contributed by atoms with Crippen molar-refractivity contribution in [2.75, 3.05) is 91.6 Å². The lowest BCUT2D eigenvalue weighted by Crippen LogP contribution is -2.49. The predicted octanol–water partition coefficient (Wildman–Crippen LogP) is -3.20. The molecule has 0 bridgehead atoms. The normalized spacial score (nSPS) is 19.3. The zero-order valence-corrected chi connectivity index (χ0v) is 28.4. The van der Waals surface area contributed by atoms with Gasteiger partial charge >= 0.3 is 25.0 Å². The Morgan fingerprint density at radius 1 is 0.735 bits per heavy atom. The zero-order chi connectivity index (χ0) is 36.3. The molecule has 1 saturated heterocycles. The molecule has 0 aromatic rings. The standard InChI is InChI=1S/C30H54BN7O11/c1-2-35(20-28(43)44)12-13-37(15-14-36(21-29(45)46)11-9-32-18-27(41)42)19-25(39)33-16-22-5-7-23(8-6-22)30(47)34-17-26(40)38-10-3-4-24(38)31(48)49/h22-24,32,48-49H,2-21H2,1H3,(H,33,39)(H,34,47)(H,41,42)(H,43,44)(H,45,46)/t22?,23?,24-/m0/s1. The zero-order valence-electron chi connectivity index (χ0n) is 28.4. The number of carbonyl (C=O) groups is 6. The van der Waals surface area contributed by atoms with Crippen LogP contribution in [0.4, 0.5) is 0 Å². The Labute approximate surface area is 287 Å². The molecule has 0 aromatic carbocycles. The van der Waals surface area contributed by atoms with E-state index in [0.717, 1.165) is 0 Å². The predicted molar refractivity (Wildman–Crippen MR) is 177 cm³/mol. The number of hydrogen-bond acceptors (Lipinski definition) is 12. The van der Waals surface area contributed by atoms with Crippen molar-refractivity contribution in [3.8, 4) is 0 Å². The van der Waals surface area contributed by atoms with E-state index in [9.17, 15) is 49.0 Å². The van der Waals surface area contributed by atoms with E-state index in [1.54, 1.807) is 9.80 Å². The monoisotopic (exact) mass is 699 g/mol. The van der Waals surface area contributed by atoms with E-state index in [0.29, 0.717) is 84.3 Å². The summed E-state index contributed by atoms with van der Waals surface area (Å²) in [4.78, 5) is 78.3. The quantitative estimate of drug-likeness (QED) is 0.0365. The number of likely N-dealkylation sites (tertiary alicyclic amines) is 1. The summed E-state index contributed by atoms with van der Waals surface area (Å²) >= 11 is 0. The van der Waals surface area contributed by atoms with Gasteiger partial charge < -0.3 is 46.2 Å². The number of nitrogens with one attached hydrogen (secondary N) is 3. The molecule has 2 rings (SSSR count). The average Bonchev–Trinajstić information content (AvgIpc) is 3.55. The van der Waals surface area contributed by atoms with Crippen molar-refractivity contribution in [1.29, 1.82) is 0 Å². The number of hydrogen-bond donors (Lipinski definition) is 8. The van der Waals surface area contributed by atoms with Crippen LogP contribution in [0.15, 0.2) is 0 Å². The van der Waals surface area contributed by atoms with E-state index in [1.807, 2.05) is 11.8 Å². The van der Waals surface area contributed by atoms with Crippen molar-refractivity contribution >= 4 is 42.7 Å². The first kappa shape index (κ1) is 41.8. The summed E-state index contributed by atoms with van der Waals surface area (Å²) in [5, 5.41) is 54.7. The molecule has 1 aliphatic heterocycles. The van der Waals surface area contributed by atoms with Crippen LogP contribution >= 0.6 is 0 Å². The molecule has 2 fully saturated rings. The first-order valence-electron chi connectivity index (χ1n) is 17.0. The van der Waals surface area contributed by atoms with Crippen molar-refractivity contribution in [2.24, 2.45) is 11.8 Å². The number of aliphatic carboxylic acids is 3. The van der Waals surface area contributed by atoms with Gasteiger partial charge in [0.15, 0.2) is 0 Å². The van der Waals surface area contributed by atoms with E-state index in [4.69, 9.17) is 5.11 Å². The van der Waals surface area contributed by atoms with Crippen LogP contribution in [0.25, 0.3) is 0 Å². The van der Waals surface area contributed by atoms with Crippen LogP contribution in [-0.4, -0.2) is 185 Å². The van der Waals surface area contributed by atoms with E-state index >= 15 is 0 Å². The van der Waals surface area contributed by atoms with E-state index in [2.05, 4.69) is 16.0 Å². The van der Waals surface area contributed by atoms with Crippen molar-refractivity contribution in [1.82, 2.24) is 35.6 Å². The smallest absolute Gasteiger partial charge is 0.475 e. The Hall–Kier alpha value is -3.36. The highest BCUT2D eigenvalue weighted by Gasteiger charge is 2.37. The molecule has 0 unspecified atom stereocenters. The third-order valence-electron chi connectivity index (χ3n) is 9.06. The molecule has 49 heavy (non-hydrogen) atoms. The second-order valence-electron chi connectivity index (χ2n) is 12.7. The second kappa shape index (κ2) is 22.4. The third kappa shape index (κ3) is 16.7. The molecular weight excluding hydrogens is 645 g/mol. The van der Waals surface area contributed by atoms with Gasteiger partial charge in [0.1, 0.15) is 0 Å². The van der Waals surface area contributed by atoms with Gasteiger partial charge in [-0.05, 0) is 51.0 Å². The van der Waals surface area contributed by atoms with Gasteiger partial charge in [-0.3, -0.25) is 43.5 Å². The maximum absolute atomic E-state index is 13.0. The maximum atomic E-state index is 13.0. The van der Waals surface area contributed by atoms with Gasteiger partial charge in [-0.15, -0.1) is 0 Å². The van der Waals surface area contributed by atoms with Crippen LogP contribution in [0.3, 0.4) is 0 Å². The number of likely N-dealkylation sites (N-methyl/N-ethyl adjacent to an activating group) is 1. The molecule has 8 N–H and O–H groups in total. The van der Waals surface area contributed by atoms with Crippen LogP contribution in [0.1, 0.15) is 45.4 Å². The Morgan fingerprint density at radius 2 is 1.33 bits per heavy atom. The summed E-state index contributed by atoms with van der Waals surface area (Å²) in [7, 11) is -1.61. The first-order valence-corrected chi connectivity index (χ1v) is 17.0. The highest BCUT2D eigenvalue weighted by Crippen LogP contribution is 2.28. The Balaban J connectivity index is 1.83. The van der Waals surface area contributed by atoms with Gasteiger partial charge in [-0.1, -0.05) is 6.92 Å². The summed E-state index contributed by atoms with van der Waals surface area (Å²) < 4.78 is 0. The van der Waals surface area contributed by atoms with Crippen molar-refractivity contribution in [3.63, 3.8) is 0 Å². The van der Waals surface area contributed by atoms with Crippen molar-refractivity contribution in [3.05, 3.63) is 0 Å². The minimum absolute atomic E-state index is 0.0137. The van der Waals surface area contributed by atoms with Crippen LogP contribution in [0.2, 0.25) is 0 Å². The molecule has 1 heterocycles. The van der Waals surface area contributed by atoms with Crippen LogP contribution in [-0.2, 0) is 28.8 Å². The minimum atomic E-state index is -1.61. The van der Waals surface area contributed by atoms with E-state index in [1.165, 1.54) is 4.90 Å². The van der Waals surface area contributed by atoms with Crippen molar-refractivity contribution < 1.29 is 54.1 Å². The lowest BCUT2D eigenvalue weighted by Gasteiger charge is -2.30. The fourth-order valence-corrected chi connectivity index (χ4v) is 6.24. The largest absolute Gasteiger partial charge is 0.480 e. The molecule has 1 aliphatic carbocycles. The summed E-state index contributed by atoms with van der Waals surface area (Å²) in [6.07, 6.45) is 3.80.